The van der Waals surface area contributed by atoms with Crippen LogP contribution in [-0.2, 0) is 13.1 Å². The number of hydrogen-bond acceptors (Lipinski definition) is 5. The molecule has 39 heavy (non-hydrogen) atoms. The molecule has 3 rings (SSSR count). The molecule has 1 amide bonds. The Bertz CT molecular complexity index is 982. The maximum atomic E-state index is 13.0. The molecule has 0 saturated carbocycles. The molecule has 0 bridgehead atoms. The molecular formula is C33H55N3O3. The number of nitrogen functional groups attached to an aromatic ring is 2. The molecule has 0 atom stereocenters. The van der Waals surface area contributed by atoms with Crippen molar-refractivity contribution in [2.75, 3.05) is 18.1 Å². The first-order chi connectivity index (χ1) is 18.7. The van der Waals surface area contributed by atoms with Gasteiger partial charge >= 0.3 is 0 Å². The predicted molar refractivity (Wildman–Crippen MR) is 167 cm³/mol. The highest BCUT2D eigenvalue weighted by Gasteiger charge is 2.27. The fraction of sp³-hybridized carbons (Fsp3) is 0.576. The Hall–Kier alpha value is -3.02. The van der Waals surface area contributed by atoms with Gasteiger partial charge in [-0.3, -0.25) is 9.59 Å². The number of benzene rings is 2. The largest absolute Gasteiger partial charge is 0.494 e. The number of anilines is 2. The summed E-state index contributed by atoms with van der Waals surface area (Å²) in [5.74, 6) is 0.419. The van der Waals surface area contributed by atoms with E-state index in [-0.39, 0.29) is 23.1 Å². The van der Waals surface area contributed by atoms with E-state index in [1.807, 2.05) is 32.0 Å². The van der Waals surface area contributed by atoms with Crippen LogP contribution in [0.3, 0.4) is 0 Å². The van der Waals surface area contributed by atoms with Crippen LogP contribution in [0, 0.1) is 0 Å². The van der Waals surface area contributed by atoms with E-state index in [2.05, 4.69) is 34.6 Å². The first-order valence-electron chi connectivity index (χ1n) is 15.0. The van der Waals surface area contributed by atoms with Crippen molar-refractivity contribution in [2.24, 2.45) is 0 Å². The first kappa shape index (κ1) is 36.0. The summed E-state index contributed by atoms with van der Waals surface area (Å²) in [5, 5.41) is 0. The summed E-state index contributed by atoms with van der Waals surface area (Å²) in [6.45, 7) is 18.0. The van der Waals surface area contributed by atoms with Gasteiger partial charge in [0.2, 0.25) is 0 Å². The van der Waals surface area contributed by atoms with Gasteiger partial charge < -0.3 is 21.1 Å². The van der Waals surface area contributed by atoms with Gasteiger partial charge in [-0.15, -0.1) is 0 Å². The van der Waals surface area contributed by atoms with Gasteiger partial charge in [0, 0.05) is 30.0 Å². The monoisotopic (exact) mass is 541 g/mol. The van der Waals surface area contributed by atoms with E-state index < -0.39 is 0 Å². The van der Waals surface area contributed by atoms with Crippen molar-refractivity contribution in [3.8, 4) is 5.75 Å². The van der Waals surface area contributed by atoms with Crippen LogP contribution in [0.5, 0.6) is 5.75 Å². The summed E-state index contributed by atoms with van der Waals surface area (Å²) < 4.78 is 5.75. The molecule has 0 aromatic heterocycles. The van der Waals surface area contributed by atoms with Crippen LogP contribution in [0.25, 0.3) is 0 Å². The molecule has 2 aromatic carbocycles. The number of nitrogens with zero attached hydrogens (tertiary/aromatic N) is 1. The highest BCUT2D eigenvalue weighted by molar-refractivity contribution is 6.06. The molecule has 0 aliphatic carbocycles. The second kappa shape index (κ2) is 20.9. The van der Waals surface area contributed by atoms with Crippen molar-refractivity contribution in [2.45, 2.75) is 120 Å². The van der Waals surface area contributed by atoms with Gasteiger partial charge in [-0.2, -0.15) is 0 Å². The van der Waals surface area contributed by atoms with Gasteiger partial charge in [0.1, 0.15) is 5.75 Å². The molecular weight excluding hydrogens is 486 g/mol. The predicted octanol–water partition coefficient (Wildman–Crippen LogP) is 8.81. The lowest BCUT2D eigenvalue weighted by atomic mass is 10.0. The summed E-state index contributed by atoms with van der Waals surface area (Å²) >= 11 is 0. The molecule has 0 fully saturated rings. The van der Waals surface area contributed by atoms with Crippen LogP contribution in [0.15, 0.2) is 30.3 Å². The Morgan fingerprint density at radius 2 is 1.28 bits per heavy atom. The molecule has 2 aromatic rings. The third-order valence-corrected chi connectivity index (χ3v) is 6.24. The summed E-state index contributed by atoms with van der Waals surface area (Å²) in [7, 11) is 0. The van der Waals surface area contributed by atoms with Crippen molar-refractivity contribution in [1.82, 2.24) is 4.90 Å². The summed E-state index contributed by atoms with van der Waals surface area (Å²) in [5.41, 5.74) is 15.2. The second-order valence-corrected chi connectivity index (χ2v) is 9.58. The summed E-state index contributed by atoms with van der Waals surface area (Å²) in [6, 6.07) is 8.90. The molecule has 4 N–H and O–H groups in total. The third kappa shape index (κ3) is 12.6. The van der Waals surface area contributed by atoms with Crippen LogP contribution in [0.1, 0.15) is 139 Å². The van der Waals surface area contributed by atoms with Crippen molar-refractivity contribution in [1.29, 1.82) is 0 Å². The molecule has 1 heterocycles. The molecule has 220 valence electrons. The smallest absolute Gasteiger partial charge is 0.256 e. The van der Waals surface area contributed by atoms with Gasteiger partial charge in [0.25, 0.3) is 5.91 Å². The fourth-order valence-electron chi connectivity index (χ4n) is 3.73. The number of Topliss-reactive ketones (excluding diaryl/α,β-unsaturated/α-hetero) is 1. The highest BCUT2D eigenvalue weighted by Crippen LogP contribution is 2.30. The SMILES string of the molecule is CC.CCCC.CCCCCC.CCCCOc1ccc2c(c1)CN(C(=O)c1cc(C(C)=O)c(N)cc1N)C2. The Balaban J connectivity index is 0.00000102. The number of nitrogens with two attached hydrogens (primary N) is 2. The van der Waals surface area contributed by atoms with Crippen molar-refractivity contribution in [3.05, 3.63) is 52.6 Å². The van der Waals surface area contributed by atoms with E-state index in [1.165, 1.54) is 57.6 Å². The van der Waals surface area contributed by atoms with Crippen LogP contribution >= 0.6 is 0 Å². The molecule has 1 aliphatic heterocycles. The Morgan fingerprint density at radius 1 is 0.744 bits per heavy atom. The number of amides is 1. The summed E-state index contributed by atoms with van der Waals surface area (Å²) in [6.07, 6.45) is 10.3. The number of carbonyl (C=O) groups is 2. The van der Waals surface area contributed by atoms with Crippen molar-refractivity contribution in [3.63, 3.8) is 0 Å². The topological polar surface area (TPSA) is 98.6 Å². The molecule has 0 unspecified atom stereocenters. The Morgan fingerprint density at radius 3 is 1.79 bits per heavy atom. The molecule has 6 nitrogen and oxygen atoms in total. The zero-order valence-electron chi connectivity index (χ0n) is 26.0. The average Bonchev–Trinajstić information content (AvgIpc) is 3.37. The Labute approximate surface area is 238 Å². The minimum Gasteiger partial charge on any atom is -0.494 e. The van der Waals surface area contributed by atoms with Crippen LogP contribution in [-0.4, -0.2) is 23.2 Å². The van der Waals surface area contributed by atoms with E-state index >= 15 is 0 Å². The fourth-order valence-corrected chi connectivity index (χ4v) is 3.73. The standard InChI is InChI=1S/C21H25N3O3.C6H14.C4H10.C2H6/c1-3-4-7-27-16-6-5-14-11-24(12-15(14)8-16)21(26)18-9-17(13(2)25)19(22)10-20(18)23;1-3-5-6-4-2;1-3-4-2;1-2/h5-6,8-10H,3-4,7,11-12,22-23H2,1-2H3;3-6H2,1-2H3;3-4H2,1-2H3;1-2H3. The lowest BCUT2D eigenvalue weighted by Crippen LogP contribution is -2.26. The lowest BCUT2D eigenvalue weighted by molar-refractivity contribution is 0.0752. The van der Waals surface area contributed by atoms with E-state index in [9.17, 15) is 9.59 Å². The van der Waals surface area contributed by atoms with Gasteiger partial charge in [-0.1, -0.05) is 99.5 Å². The van der Waals surface area contributed by atoms with Gasteiger partial charge in [-0.05, 0) is 48.7 Å². The van der Waals surface area contributed by atoms with Crippen molar-refractivity contribution < 1.29 is 14.3 Å². The number of fused-ring (bicyclic) bond motifs is 1. The zero-order chi connectivity index (χ0) is 29.8. The number of rotatable bonds is 10. The van der Waals surface area contributed by atoms with Crippen LogP contribution < -0.4 is 16.2 Å². The van der Waals surface area contributed by atoms with Crippen molar-refractivity contribution >= 4 is 23.1 Å². The van der Waals surface area contributed by atoms with E-state index in [0.717, 1.165) is 29.7 Å². The molecule has 0 saturated heterocycles. The van der Waals surface area contributed by atoms with E-state index in [4.69, 9.17) is 16.2 Å². The van der Waals surface area contributed by atoms with Gasteiger partial charge in [-0.25, -0.2) is 0 Å². The first-order valence-corrected chi connectivity index (χ1v) is 15.0. The minimum atomic E-state index is -0.209. The number of carbonyl (C=O) groups excluding carboxylic acids is 2. The molecule has 1 aliphatic rings. The lowest BCUT2D eigenvalue weighted by Gasteiger charge is -2.18. The number of hydrogen-bond donors (Lipinski definition) is 2. The maximum absolute atomic E-state index is 13.0. The number of ketones is 1. The summed E-state index contributed by atoms with van der Waals surface area (Å²) in [4.78, 5) is 26.4. The average molecular weight is 542 g/mol. The Kier molecular flexibility index (Phi) is 19.3. The van der Waals surface area contributed by atoms with Gasteiger partial charge in [0.05, 0.1) is 12.2 Å². The molecule has 0 spiro atoms. The number of unbranched alkanes of at least 4 members (excludes halogenated alkanes) is 5. The van der Waals surface area contributed by atoms with Gasteiger partial charge in [0.15, 0.2) is 5.78 Å². The quantitative estimate of drug-likeness (QED) is 0.178. The zero-order valence-corrected chi connectivity index (χ0v) is 26.0. The highest BCUT2D eigenvalue weighted by atomic mass is 16.5. The third-order valence-electron chi connectivity index (χ3n) is 6.24. The molecule has 0 radical (unpaired) electrons. The molecule has 6 heteroatoms. The normalized spacial score (nSPS) is 11.1. The van der Waals surface area contributed by atoms with E-state index in [0.29, 0.717) is 30.8 Å². The van der Waals surface area contributed by atoms with Crippen LogP contribution in [0.4, 0.5) is 11.4 Å². The maximum Gasteiger partial charge on any atom is 0.256 e. The van der Waals surface area contributed by atoms with Crippen LogP contribution in [0.2, 0.25) is 0 Å². The minimum absolute atomic E-state index is 0.194. The number of ether oxygens (including phenoxy) is 1. The second-order valence-electron chi connectivity index (χ2n) is 9.58. The van der Waals surface area contributed by atoms with E-state index in [1.54, 1.807) is 4.90 Å².